The molecule has 2 aromatic rings. The summed E-state index contributed by atoms with van der Waals surface area (Å²) in [5, 5.41) is 15.0. The molecule has 116 valence electrons. The molecule has 0 aliphatic carbocycles. The van der Waals surface area contributed by atoms with Crippen LogP contribution in [0.1, 0.15) is 24.2 Å². The SMILES string of the molecule is Cc1cc([N+](=O)[O-])cnc1N1CC(C)OC(c2ccsc2)C1. The first kappa shape index (κ1) is 14.9. The van der Waals surface area contributed by atoms with E-state index in [0.717, 1.165) is 17.9 Å². The Morgan fingerprint density at radius 1 is 1.50 bits per heavy atom. The van der Waals surface area contributed by atoms with Crippen molar-refractivity contribution in [3.05, 3.63) is 50.3 Å². The Hall–Kier alpha value is -1.99. The maximum atomic E-state index is 10.8. The van der Waals surface area contributed by atoms with Crippen molar-refractivity contribution >= 4 is 22.8 Å². The molecule has 1 aliphatic heterocycles. The van der Waals surface area contributed by atoms with Crippen molar-refractivity contribution in [3.63, 3.8) is 0 Å². The fourth-order valence-corrected chi connectivity index (χ4v) is 3.45. The number of nitro groups is 1. The van der Waals surface area contributed by atoms with Crippen molar-refractivity contribution in [1.29, 1.82) is 0 Å². The molecular formula is C15H17N3O3S. The summed E-state index contributed by atoms with van der Waals surface area (Å²) in [4.78, 5) is 16.9. The predicted molar refractivity (Wildman–Crippen MR) is 85.4 cm³/mol. The van der Waals surface area contributed by atoms with Crippen molar-refractivity contribution in [2.75, 3.05) is 18.0 Å². The van der Waals surface area contributed by atoms with Gasteiger partial charge in [-0.3, -0.25) is 10.1 Å². The van der Waals surface area contributed by atoms with Gasteiger partial charge in [-0.2, -0.15) is 11.3 Å². The first-order valence-electron chi connectivity index (χ1n) is 7.08. The second-order valence-corrected chi connectivity index (χ2v) is 6.27. The fourth-order valence-electron chi connectivity index (χ4n) is 2.75. The molecule has 0 amide bonds. The lowest BCUT2D eigenvalue weighted by molar-refractivity contribution is -0.385. The van der Waals surface area contributed by atoms with Crippen LogP contribution in [-0.4, -0.2) is 29.1 Å². The third-order valence-electron chi connectivity index (χ3n) is 3.72. The van der Waals surface area contributed by atoms with E-state index in [9.17, 15) is 10.1 Å². The molecule has 1 saturated heterocycles. The average Bonchev–Trinajstić information content (AvgIpc) is 3.00. The minimum Gasteiger partial charge on any atom is -0.367 e. The standard InChI is InChI=1S/C15H17N3O3S/c1-10-5-13(18(19)20)6-16-15(10)17-7-11(2)21-14(8-17)12-3-4-22-9-12/h3-6,9,11,14H,7-8H2,1-2H3. The van der Waals surface area contributed by atoms with Gasteiger partial charge in [0.2, 0.25) is 0 Å². The van der Waals surface area contributed by atoms with Crippen LogP contribution in [0.25, 0.3) is 0 Å². The molecule has 0 saturated carbocycles. The van der Waals surface area contributed by atoms with Gasteiger partial charge in [-0.1, -0.05) is 0 Å². The van der Waals surface area contributed by atoms with Crippen molar-refractivity contribution in [2.24, 2.45) is 0 Å². The van der Waals surface area contributed by atoms with Gasteiger partial charge >= 0.3 is 0 Å². The molecule has 1 fully saturated rings. The number of hydrogen-bond acceptors (Lipinski definition) is 6. The first-order chi connectivity index (χ1) is 10.5. The van der Waals surface area contributed by atoms with Crippen LogP contribution < -0.4 is 4.90 Å². The predicted octanol–water partition coefficient (Wildman–Crippen LogP) is 3.33. The number of rotatable bonds is 3. The molecule has 0 spiro atoms. The number of ether oxygens (including phenoxy) is 1. The number of pyridine rings is 1. The Balaban J connectivity index is 1.86. The molecule has 1 aliphatic rings. The zero-order chi connectivity index (χ0) is 15.7. The van der Waals surface area contributed by atoms with E-state index >= 15 is 0 Å². The van der Waals surface area contributed by atoms with Crippen molar-refractivity contribution in [3.8, 4) is 0 Å². The second-order valence-electron chi connectivity index (χ2n) is 5.49. The van der Waals surface area contributed by atoms with Crippen LogP contribution in [0.4, 0.5) is 11.5 Å². The molecule has 6 nitrogen and oxygen atoms in total. The van der Waals surface area contributed by atoms with Gasteiger partial charge in [0.05, 0.1) is 11.0 Å². The van der Waals surface area contributed by atoms with Gasteiger partial charge < -0.3 is 9.64 Å². The summed E-state index contributed by atoms with van der Waals surface area (Å²) in [6.45, 7) is 5.32. The maximum Gasteiger partial charge on any atom is 0.287 e. The largest absolute Gasteiger partial charge is 0.367 e. The molecule has 2 unspecified atom stereocenters. The van der Waals surface area contributed by atoms with E-state index in [1.165, 1.54) is 11.8 Å². The van der Waals surface area contributed by atoms with Gasteiger partial charge in [-0.15, -0.1) is 0 Å². The molecule has 3 rings (SSSR count). The molecule has 0 radical (unpaired) electrons. The molecule has 2 aromatic heterocycles. The highest BCUT2D eigenvalue weighted by molar-refractivity contribution is 7.07. The monoisotopic (exact) mass is 319 g/mol. The number of aromatic nitrogens is 1. The van der Waals surface area contributed by atoms with E-state index in [0.29, 0.717) is 6.54 Å². The Labute approximate surface area is 132 Å². The zero-order valence-electron chi connectivity index (χ0n) is 12.4. The lowest BCUT2D eigenvalue weighted by Crippen LogP contribution is -2.43. The van der Waals surface area contributed by atoms with Crippen LogP contribution in [0, 0.1) is 17.0 Å². The Morgan fingerprint density at radius 3 is 2.95 bits per heavy atom. The quantitative estimate of drug-likeness (QED) is 0.641. The summed E-state index contributed by atoms with van der Waals surface area (Å²) in [6.07, 6.45) is 1.41. The summed E-state index contributed by atoms with van der Waals surface area (Å²) in [7, 11) is 0. The van der Waals surface area contributed by atoms with Crippen LogP contribution in [0.2, 0.25) is 0 Å². The van der Waals surface area contributed by atoms with Crippen molar-refractivity contribution < 1.29 is 9.66 Å². The highest BCUT2D eigenvalue weighted by Gasteiger charge is 2.28. The molecule has 0 bridgehead atoms. The van der Waals surface area contributed by atoms with Gasteiger partial charge in [0.1, 0.15) is 18.1 Å². The number of nitrogens with zero attached hydrogens (tertiary/aromatic N) is 3. The van der Waals surface area contributed by atoms with Crippen LogP contribution in [0.15, 0.2) is 29.1 Å². The van der Waals surface area contributed by atoms with Gasteiger partial charge in [-0.25, -0.2) is 4.98 Å². The summed E-state index contributed by atoms with van der Waals surface area (Å²) >= 11 is 1.65. The average molecular weight is 319 g/mol. The Bertz CT molecular complexity index is 675. The van der Waals surface area contributed by atoms with E-state index < -0.39 is 4.92 Å². The molecule has 0 aromatic carbocycles. The highest BCUT2D eigenvalue weighted by atomic mass is 32.1. The third-order valence-corrected chi connectivity index (χ3v) is 4.42. The van der Waals surface area contributed by atoms with Crippen LogP contribution in [0.5, 0.6) is 0 Å². The van der Waals surface area contributed by atoms with Crippen LogP contribution in [0.3, 0.4) is 0 Å². The van der Waals surface area contributed by atoms with Crippen molar-refractivity contribution in [1.82, 2.24) is 4.98 Å². The number of thiophene rings is 1. The zero-order valence-corrected chi connectivity index (χ0v) is 13.2. The normalized spacial score (nSPS) is 21.8. The summed E-state index contributed by atoms with van der Waals surface area (Å²) in [5.74, 6) is 0.793. The number of hydrogen-bond donors (Lipinski definition) is 0. The topological polar surface area (TPSA) is 68.5 Å². The number of morpholine rings is 1. The second kappa shape index (κ2) is 6.02. The summed E-state index contributed by atoms with van der Waals surface area (Å²) < 4.78 is 6.01. The lowest BCUT2D eigenvalue weighted by atomic mass is 10.1. The van der Waals surface area contributed by atoms with Gasteiger partial charge in [-0.05, 0) is 41.8 Å². The van der Waals surface area contributed by atoms with Crippen LogP contribution >= 0.6 is 11.3 Å². The lowest BCUT2D eigenvalue weighted by Gasteiger charge is -2.37. The summed E-state index contributed by atoms with van der Waals surface area (Å²) in [6, 6.07) is 3.64. The number of aryl methyl sites for hydroxylation is 1. The Morgan fingerprint density at radius 2 is 2.32 bits per heavy atom. The van der Waals surface area contributed by atoms with E-state index in [2.05, 4.69) is 21.3 Å². The summed E-state index contributed by atoms with van der Waals surface area (Å²) in [5.41, 5.74) is 2.01. The van der Waals surface area contributed by atoms with Gasteiger partial charge in [0, 0.05) is 19.2 Å². The minimum absolute atomic E-state index is 0.00592. The molecule has 2 atom stereocenters. The van der Waals surface area contributed by atoms with E-state index in [1.54, 1.807) is 17.4 Å². The molecule has 3 heterocycles. The fraction of sp³-hybridized carbons (Fsp3) is 0.400. The smallest absolute Gasteiger partial charge is 0.287 e. The molecule has 7 heteroatoms. The molecular weight excluding hydrogens is 302 g/mol. The van der Waals surface area contributed by atoms with Gasteiger partial charge in [0.15, 0.2) is 0 Å². The van der Waals surface area contributed by atoms with Crippen LogP contribution in [-0.2, 0) is 4.74 Å². The molecule has 0 N–H and O–H groups in total. The van der Waals surface area contributed by atoms with Crippen molar-refractivity contribution in [2.45, 2.75) is 26.1 Å². The minimum atomic E-state index is -0.417. The molecule has 22 heavy (non-hydrogen) atoms. The Kier molecular flexibility index (Phi) is 4.08. The van der Waals surface area contributed by atoms with E-state index in [1.807, 2.05) is 19.2 Å². The first-order valence-corrected chi connectivity index (χ1v) is 8.02. The van der Waals surface area contributed by atoms with E-state index in [4.69, 9.17) is 4.74 Å². The van der Waals surface area contributed by atoms with E-state index in [-0.39, 0.29) is 17.9 Å². The third kappa shape index (κ3) is 2.95. The van der Waals surface area contributed by atoms with Gasteiger partial charge in [0.25, 0.3) is 5.69 Å². The highest BCUT2D eigenvalue weighted by Crippen LogP contribution is 2.31. The maximum absolute atomic E-state index is 10.8. The number of anilines is 1.